The highest BCUT2D eigenvalue weighted by molar-refractivity contribution is 6.31. The molecule has 192 valence electrons. The first-order valence-corrected chi connectivity index (χ1v) is 11.8. The first-order valence-electron chi connectivity index (χ1n) is 11.5. The summed E-state index contributed by atoms with van der Waals surface area (Å²) < 4.78 is 55.5. The van der Waals surface area contributed by atoms with Crippen LogP contribution < -0.4 is 16.0 Å². The number of allylic oxidation sites excluding steroid dienone is 3. The summed E-state index contributed by atoms with van der Waals surface area (Å²) in [4.78, 5) is 12.9. The third-order valence-corrected chi connectivity index (χ3v) is 6.21. The van der Waals surface area contributed by atoms with Gasteiger partial charge in [0.05, 0.1) is 16.8 Å². The first-order chi connectivity index (χ1) is 16.6. The fourth-order valence-corrected chi connectivity index (χ4v) is 4.37. The van der Waals surface area contributed by atoms with E-state index in [1.807, 2.05) is 6.92 Å². The summed E-state index contributed by atoms with van der Waals surface area (Å²) in [5, 5.41) is 17.8. The predicted molar refractivity (Wildman–Crippen MR) is 126 cm³/mol. The van der Waals surface area contributed by atoms with E-state index in [1.54, 1.807) is 18.2 Å². The maximum absolute atomic E-state index is 13.5. The number of hydrogen-bond donors (Lipinski definition) is 4. The molecular formula is C24H29ClF4N4O2. The van der Waals surface area contributed by atoms with Crippen LogP contribution in [0.1, 0.15) is 31.7 Å². The molecule has 1 heterocycles. The molecule has 2 aliphatic rings. The number of carbonyl (C=O) groups excluding carboxylic acids is 1. The lowest BCUT2D eigenvalue weighted by Gasteiger charge is -2.36. The van der Waals surface area contributed by atoms with E-state index in [4.69, 9.17) is 21.7 Å². The van der Waals surface area contributed by atoms with Gasteiger partial charge < -0.3 is 26.1 Å². The molecule has 0 bridgehead atoms. The Bertz CT molecular complexity index is 983. The van der Waals surface area contributed by atoms with Crippen molar-refractivity contribution in [3.63, 3.8) is 0 Å². The molecule has 4 unspecified atom stereocenters. The second-order valence-electron chi connectivity index (χ2n) is 8.62. The molecule has 0 saturated carbocycles. The number of rotatable bonds is 10. The quantitative estimate of drug-likeness (QED) is 0.279. The van der Waals surface area contributed by atoms with Crippen molar-refractivity contribution in [1.29, 1.82) is 5.41 Å². The predicted octanol–water partition coefficient (Wildman–Crippen LogP) is 4.10. The minimum atomic E-state index is -4.39. The minimum Gasteiger partial charge on any atom is -0.484 e. The van der Waals surface area contributed by atoms with Crippen molar-refractivity contribution >= 4 is 23.2 Å². The lowest BCUT2D eigenvalue weighted by atomic mass is 9.91. The average molecular weight is 517 g/mol. The number of benzene rings is 1. The van der Waals surface area contributed by atoms with Gasteiger partial charge in [-0.2, -0.15) is 13.2 Å². The Morgan fingerprint density at radius 3 is 2.77 bits per heavy atom. The molecule has 4 N–H and O–H groups in total. The number of amides is 1. The summed E-state index contributed by atoms with van der Waals surface area (Å²) in [5.41, 5.74) is 0.533. The number of likely N-dealkylation sites (N-methyl/N-ethyl adjacent to an activating group) is 1. The molecule has 1 saturated heterocycles. The molecule has 0 aromatic heterocycles. The third kappa shape index (κ3) is 7.78. The Hall–Kier alpha value is -2.43. The Morgan fingerprint density at radius 2 is 2.11 bits per heavy atom. The Kier molecular flexibility index (Phi) is 9.32. The normalized spacial score (nSPS) is 23.4. The maximum atomic E-state index is 13.5. The van der Waals surface area contributed by atoms with Gasteiger partial charge in [-0.3, -0.25) is 4.79 Å². The number of halogens is 5. The Balaban J connectivity index is 1.55. The van der Waals surface area contributed by atoms with E-state index < -0.39 is 30.7 Å². The maximum Gasteiger partial charge on any atom is 0.422 e. The molecule has 11 heteroatoms. The van der Waals surface area contributed by atoms with Crippen molar-refractivity contribution in [3.05, 3.63) is 58.6 Å². The lowest BCUT2D eigenvalue weighted by molar-refractivity contribution is -0.164. The van der Waals surface area contributed by atoms with Crippen LogP contribution in [0.2, 0.25) is 5.02 Å². The summed E-state index contributed by atoms with van der Waals surface area (Å²) >= 11 is 5.87. The molecule has 3 rings (SSSR count). The van der Waals surface area contributed by atoms with Crippen LogP contribution in [0.15, 0.2) is 42.2 Å². The summed E-state index contributed by atoms with van der Waals surface area (Å²) in [7, 11) is 0. The largest absolute Gasteiger partial charge is 0.484 e. The molecule has 1 amide bonds. The molecule has 6 nitrogen and oxygen atoms in total. The molecule has 35 heavy (non-hydrogen) atoms. The monoisotopic (exact) mass is 516 g/mol. The van der Waals surface area contributed by atoms with E-state index in [1.165, 1.54) is 18.2 Å². The fraction of sp³-hybridized carbons (Fsp3) is 0.500. The van der Waals surface area contributed by atoms with Crippen LogP contribution in [-0.2, 0) is 9.53 Å². The van der Waals surface area contributed by atoms with Crippen LogP contribution in [0.4, 0.5) is 17.6 Å². The zero-order valence-corrected chi connectivity index (χ0v) is 20.0. The van der Waals surface area contributed by atoms with Gasteiger partial charge in [0.1, 0.15) is 17.6 Å². The van der Waals surface area contributed by atoms with E-state index >= 15 is 0 Å². The lowest BCUT2D eigenvalue weighted by Crippen LogP contribution is -2.66. The highest BCUT2D eigenvalue weighted by Gasteiger charge is 2.36. The SMILES string of the molecule is CCNC(C(=N)c1ccc(F)c(Cl)c1)C1NCC(CCC2C=C(OCC(F)(F)F)C=CC2)NC1=O. The van der Waals surface area contributed by atoms with Gasteiger partial charge in [0.25, 0.3) is 0 Å². The zero-order chi connectivity index (χ0) is 25.6. The van der Waals surface area contributed by atoms with Gasteiger partial charge in [-0.15, -0.1) is 0 Å². The molecule has 1 aromatic rings. The van der Waals surface area contributed by atoms with E-state index in [0.29, 0.717) is 37.9 Å². The van der Waals surface area contributed by atoms with Crippen molar-refractivity contribution in [2.75, 3.05) is 19.7 Å². The summed E-state index contributed by atoms with van der Waals surface area (Å²) in [6.45, 7) is 1.52. The van der Waals surface area contributed by atoms with E-state index in [-0.39, 0.29) is 34.4 Å². The van der Waals surface area contributed by atoms with Gasteiger partial charge in [0.15, 0.2) is 6.61 Å². The number of hydrogen-bond acceptors (Lipinski definition) is 5. The number of ether oxygens (including phenoxy) is 1. The van der Waals surface area contributed by atoms with Gasteiger partial charge in [-0.05, 0) is 61.6 Å². The van der Waals surface area contributed by atoms with Crippen LogP contribution >= 0.6 is 11.6 Å². The van der Waals surface area contributed by atoms with Crippen molar-refractivity contribution in [2.24, 2.45) is 5.92 Å². The van der Waals surface area contributed by atoms with Crippen LogP contribution in [0.3, 0.4) is 0 Å². The summed E-state index contributed by atoms with van der Waals surface area (Å²) in [6.07, 6.45) is 2.63. The van der Waals surface area contributed by atoms with Crippen LogP contribution in [0.25, 0.3) is 0 Å². The summed E-state index contributed by atoms with van der Waals surface area (Å²) in [6, 6.07) is 2.50. The van der Waals surface area contributed by atoms with Crippen LogP contribution in [0.5, 0.6) is 0 Å². The molecule has 1 aliphatic carbocycles. The number of carbonyl (C=O) groups is 1. The van der Waals surface area contributed by atoms with Gasteiger partial charge >= 0.3 is 6.18 Å². The van der Waals surface area contributed by atoms with E-state index in [9.17, 15) is 22.4 Å². The molecule has 0 radical (unpaired) electrons. The molecule has 4 atom stereocenters. The second-order valence-corrected chi connectivity index (χ2v) is 9.02. The average Bonchev–Trinajstić information content (AvgIpc) is 2.81. The second kappa shape index (κ2) is 12.0. The van der Waals surface area contributed by atoms with Gasteiger partial charge in [0.2, 0.25) is 5.91 Å². The van der Waals surface area contributed by atoms with Crippen LogP contribution in [-0.4, -0.2) is 55.6 Å². The van der Waals surface area contributed by atoms with Crippen molar-refractivity contribution in [3.8, 4) is 0 Å². The van der Waals surface area contributed by atoms with Gasteiger partial charge in [0, 0.05) is 12.6 Å². The summed E-state index contributed by atoms with van der Waals surface area (Å²) in [5.74, 6) is -0.624. The molecule has 0 spiro atoms. The number of piperazine rings is 1. The van der Waals surface area contributed by atoms with Crippen molar-refractivity contribution < 1.29 is 27.1 Å². The van der Waals surface area contributed by atoms with Crippen molar-refractivity contribution in [2.45, 2.75) is 50.5 Å². The van der Waals surface area contributed by atoms with Gasteiger partial charge in [-0.25, -0.2) is 4.39 Å². The van der Waals surface area contributed by atoms with E-state index in [2.05, 4.69) is 16.0 Å². The van der Waals surface area contributed by atoms with Crippen molar-refractivity contribution in [1.82, 2.24) is 16.0 Å². The highest BCUT2D eigenvalue weighted by atomic mass is 35.5. The smallest absolute Gasteiger partial charge is 0.422 e. The standard InChI is InChI=1S/C24H29ClF4N4O2/c1-2-31-21(20(30)15-7-9-19(26)18(25)11-15)22-23(34)33-16(12-32-22)8-6-14-4-3-5-17(10-14)35-13-24(27,28)29/h3,5,7,9-11,14,16,21-22,30-32H,2,4,6,8,12-13H2,1H3,(H,33,34). The molecule has 1 fully saturated rings. The Morgan fingerprint density at radius 1 is 1.34 bits per heavy atom. The molecule has 1 aliphatic heterocycles. The Labute approximate surface area is 206 Å². The first kappa shape index (κ1) is 27.2. The van der Waals surface area contributed by atoms with Crippen LogP contribution in [0, 0.1) is 17.1 Å². The zero-order valence-electron chi connectivity index (χ0n) is 19.2. The minimum absolute atomic E-state index is 0.0174. The van der Waals surface area contributed by atoms with E-state index in [0.717, 1.165) is 0 Å². The molecular weight excluding hydrogens is 488 g/mol. The third-order valence-electron chi connectivity index (χ3n) is 5.92. The topological polar surface area (TPSA) is 86.2 Å². The number of alkyl halides is 3. The number of nitrogens with one attached hydrogen (secondary N) is 4. The van der Waals surface area contributed by atoms with Gasteiger partial charge in [-0.1, -0.05) is 30.7 Å². The molecule has 1 aromatic carbocycles. The highest BCUT2D eigenvalue weighted by Crippen LogP contribution is 2.25. The fourth-order valence-electron chi connectivity index (χ4n) is 4.19.